The van der Waals surface area contributed by atoms with E-state index in [4.69, 9.17) is 14.9 Å². The van der Waals surface area contributed by atoms with Gasteiger partial charge in [-0.15, -0.1) is 0 Å². The van der Waals surface area contributed by atoms with Gasteiger partial charge in [0.1, 0.15) is 5.75 Å². The second kappa shape index (κ2) is 5.96. The number of aromatic nitrogens is 5. The average Bonchev–Trinajstić information content (AvgIpc) is 3.23. The molecule has 0 amide bonds. The van der Waals surface area contributed by atoms with E-state index in [0.717, 1.165) is 0 Å². The van der Waals surface area contributed by atoms with E-state index in [0.29, 0.717) is 28.8 Å². The van der Waals surface area contributed by atoms with Crippen LogP contribution in [0.15, 0.2) is 36.7 Å². The van der Waals surface area contributed by atoms with E-state index >= 15 is 0 Å². The number of hydrogen-bond acceptors (Lipinski definition) is 6. The van der Waals surface area contributed by atoms with Crippen LogP contribution in [0.25, 0.3) is 11.6 Å². The Kier molecular flexibility index (Phi) is 3.86. The smallest absolute Gasteiger partial charge is 0.159 e. The highest BCUT2D eigenvalue weighted by atomic mass is 16.5. The molecule has 0 saturated carbocycles. The zero-order chi connectivity index (χ0) is 15.5. The highest BCUT2D eigenvalue weighted by molar-refractivity contribution is 5.40. The molecule has 114 valence electrons. The van der Waals surface area contributed by atoms with Crippen molar-refractivity contribution in [2.75, 3.05) is 7.11 Å². The SMILES string of the molecule is COc1cc(-n2ccc(CO)n2)nc(-n2ccc(CO)n2)c1. The minimum absolute atomic E-state index is 0.136. The summed E-state index contributed by atoms with van der Waals surface area (Å²) >= 11 is 0. The molecule has 0 aliphatic rings. The molecule has 3 heterocycles. The first kappa shape index (κ1) is 14.2. The maximum atomic E-state index is 9.10. The van der Waals surface area contributed by atoms with Crippen molar-refractivity contribution in [2.45, 2.75) is 13.2 Å². The number of methoxy groups -OCH3 is 1. The molecule has 8 heteroatoms. The Bertz CT molecular complexity index is 720. The average molecular weight is 301 g/mol. The lowest BCUT2D eigenvalue weighted by atomic mass is 10.4. The highest BCUT2D eigenvalue weighted by Gasteiger charge is 2.09. The molecule has 3 aromatic rings. The van der Waals surface area contributed by atoms with Crippen LogP contribution in [0.3, 0.4) is 0 Å². The highest BCUT2D eigenvalue weighted by Crippen LogP contribution is 2.19. The summed E-state index contributed by atoms with van der Waals surface area (Å²) in [5, 5.41) is 26.6. The van der Waals surface area contributed by atoms with Crippen LogP contribution in [-0.2, 0) is 13.2 Å². The first-order valence-corrected chi connectivity index (χ1v) is 6.61. The molecule has 0 bridgehead atoms. The van der Waals surface area contributed by atoms with Crippen molar-refractivity contribution in [3.8, 4) is 17.4 Å². The molecular formula is C14H15N5O3. The Balaban J connectivity index is 2.05. The molecule has 0 unspecified atom stereocenters. The molecule has 0 aliphatic heterocycles. The Hall–Kier alpha value is -2.71. The quantitative estimate of drug-likeness (QED) is 0.710. The summed E-state index contributed by atoms with van der Waals surface area (Å²) in [5.74, 6) is 1.67. The summed E-state index contributed by atoms with van der Waals surface area (Å²) in [4.78, 5) is 4.47. The Morgan fingerprint density at radius 1 is 0.955 bits per heavy atom. The zero-order valence-corrected chi connectivity index (χ0v) is 11.9. The second-order valence-corrected chi connectivity index (χ2v) is 4.54. The van der Waals surface area contributed by atoms with Gasteiger partial charge in [0.25, 0.3) is 0 Å². The molecule has 8 nitrogen and oxygen atoms in total. The Morgan fingerprint density at radius 3 is 1.82 bits per heavy atom. The van der Waals surface area contributed by atoms with E-state index in [1.807, 2.05) is 0 Å². The van der Waals surface area contributed by atoms with E-state index in [1.165, 1.54) is 0 Å². The summed E-state index contributed by atoms with van der Waals surface area (Å²) in [6.45, 7) is -0.272. The molecular weight excluding hydrogens is 286 g/mol. The summed E-state index contributed by atoms with van der Waals surface area (Å²) in [6, 6.07) is 6.87. The third kappa shape index (κ3) is 2.69. The molecule has 0 saturated heterocycles. The van der Waals surface area contributed by atoms with Gasteiger partial charge in [0.2, 0.25) is 0 Å². The van der Waals surface area contributed by atoms with Crippen molar-refractivity contribution in [3.63, 3.8) is 0 Å². The van der Waals surface area contributed by atoms with Gasteiger partial charge in [0.15, 0.2) is 11.6 Å². The minimum atomic E-state index is -0.136. The van der Waals surface area contributed by atoms with Crippen molar-refractivity contribution < 1.29 is 14.9 Å². The van der Waals surface area contributed by atoms with Crippen LogP contribution in [0.5, 0.6) is 5.75 Å². The third-order valence-corrected chi connectivity index (χ3v) is 3.09. The molecule has 3 aromatic heterocycles. The Labute approximate surface area is 126 Å². The number of rotatable bonds is 5. The van der Waals surface area contributed by atoms with E-state index in [2.05, 4.69) is 15.2 Å². The number of ether oxygens (including phenoxy) is 1. The van der Waals surface area contributed by atoms with Gasteiger partial charge in [-0.3, -0.25) is 0 Å². The fourth-order valence-electron chi connectivity index (χ4n) is 1.98. The van der Waals surface area contributed by atoms with Crippen LogP contribution >= 0.6 is 0 Å². The lowest BCUT2D eigenvalue weighted by Crippen LogP contribution is -2.06. The van der Waals surface area contributed by atoms with Crippen LogP contribution in [-0.4, -0.2) is 41.9 Å². The monoisotopic (exact) mass is 301 g/mol. The van der Waals surface area contributed by atoms with Crippen molar-refractivity contribution >= 4 is 0 Å². The molecule has 0 spiro atoms. The zero-order valence-electron chi connectivity index (χ0n) is 11.9. The van der Waals surface area contributed by atoms with Crippen molar-refractivity contribution in [3.05, 3.63) is 48.0 Å². The van der Waals surface area contributed by atoms with Gasteiger partial charge < -0.3 is 14.9 Å². The predicted octanol–water partition coefficient (Wildman–Crippen LogP) is 0.446. The van der Waals surface area contributed by atoms with E-state index in [1.54, 1.807) is 53.1 Å². The summed E-state index contributed by atoms with van der Waals surface area (Å²) in [5.41, 5.74) is 1.10. The van der Waals surface area contributed by atoms with Gasteiger partial charge in [-0.1, -0.05) is 0 Å². The molecule has 0 fully saturated rings. The van der Waals surface area contributed by atoms with Crippen molar-refractivity contribution in [1.29, 1.82) is 0 Å². The van der Waals surface area contributed by atoms with Gasteiger partial charge in [0.05, 0.1) is 31.7 Å². The van der Waals surface area contributed by atoms with Crippen LogP contribution < -0.4 is 4.74 Å². The van der Waals surface area contributed by atoms with Crippen molar-refractivity contribution in [2.24, 2.45) is 0 Å². The number of hydrogen-bond donors (Lipinski definition) is 2. The van der Waals surface area contributed by atoms with Gasteiger partial charge in [-0.05, 0) is 12.1 Å². The summed E-state index contributed by atoms with van der Waals surface area (Å²) < 4.78 is 8.38. The maximum absolute atomic E-state index is 9.10. The number of pyridine rings is 1. The van der Waals surface area contributed by atoms with E-state index in [9.17, 15) is 0 Å². The van der Waals surface area contributed by atoms with Gasteiger partial charge in [-0.25, -0.2) is 14.3 Å². The van der Waals surface area contributed by atoms with Gasteiger partial charge in [-0.2, -0.15) is 10.2 Å². The fourth-order valence-corrected chi connectivity index (χ4v) is 1.98. The fraction of sp³-hybridized carbons (Fsp3) is 0.214. The number of aliphatic hydroxyl groups is 2. The molecule has 0 atom stereocenters. The molecule has 22 heavy (non-hydrogen) atoms. The number of nitrogens with zero attached hydrogens (tertiary/aromatic N) is 5. The minimum Gasteiger partial charge on any atom is -0.496 e. The molecule has 0 radical (unpaired) electrons. The van der Waals surface area contributed by atoms with E-state index < -0.39 is 0 Å². The topological polar surface area (TPSA) is 98.2 Å². The lowest BCUT2D eigenvalue weighted by molar-refractivity contribution is 0.276. The lowest BCUT2D eigenvalue weighted by Gasteiger charge is -2.08. The molecule has 0 aliphatic carbocycles. The first-order chi connectivity index (χ1) is 10.7. The molecule has 2 N–H and O–H groups in total. The third-order valence-electron chi connectivity index (χ3n) is 3.09. The summed E-state index contributed by atoms with van der Waals surface area (Å²) in [6.07, 6.45) is 3.42. The van der Waals surface area contributed by atoms with Crippen molar-refractivity contribution in [1.82, 2.24) is 24.5 Å². The first-order valence-electron chi connectivity index (χ1n) is 6.61. The van der Waals surface area contributed by atoms with Crippen LogP contribution in [0.2, 0.25) is 0 Å². The normalized spacial score (nSPS) is 10.9. The van der Waals surface area contributed by atoms with Gasteiger partial charge >= 0.3 is 0 Å². The van der Waals surface area contributed by atoms with E-state index in [-0.39, 0.29) is 13.2 Å². The Morgan fingerprint density at radius 2 is 1.45 bits per heavy atom. The molecule has 0 aromatic carbocycles. The number of aliphatic hydroxyl groups excluding tert-OH is 2. The van der Waals surface area contributed by atoms with Crippen LogP contribution in [0, 0.1) is 0 Å². The predicted molar refractivity (Wildman–Crippen MR) is 76.9 cm³/mol. The standard InChI is InChI=1S/C14H15N5O3/c1-22-12-6-13(18-4-2-10(8-20)16-18)15-14(7-12)19-5-3-11(9-21)17-19/h2-7,20-21H,8-9H2,1H3. The van der Waals surface area contributed by atoms with Gasteiger partial charge in [0, 0.05) is 24.5 Å². The largest absolute Gasteiger partial charge is 0.496 e. The maximum Gasteiger partial charge on any atom is 0.159 e. The second-order valence-electron chi connectivity index (χ2n) is 4.54. The van der Waals surface area contributed by atoms with Crippen LogP contribution in [0.1, 0.15) is 11.4 Å². The van der Waals surface area contributed by atoms with Crippen LogP contribution in [0.4, 0.5) is 0 Å². The summed E-state index contributed by atoms with van der Waals surface area (Å²) in [7, 11) is 1.56. The molecule has 3 rings (SSSR count).